The Morgan fingerprint density at radius 2 is 1.64 bits per heavy atom. The summed E-state index contributed by atoms with van der Waals surface area (Å²) in [7, 11) is 0. The minimum absolute atomic E-state index is 0.0365. The van der Waals surface area contributed by atoms with Crippen LogP contribution >= 0.6 is 0 Å². The summed E-state index contributed by atoms with van der Waals surface area (Å²) in [6.07, 6.45) is 11.7. The molecule has 6 heteroatoms. The second kappa shape index (κ2) is 8.68. The first-order chi connectivity index (χ1) is 12.1. The van der Waals surface area contributed by atoms with Gasteiger partial charge in [0.1, 0.15) is 0 Å². The fourth-order valence-electron chi connectivity index (χ4n) is 4.48. The molecule has 2 aliphatic carbocycles. The molecule has 1 aliphatic heterocycles. The molecule has 2 saturated carbocycles. The van der Waals surface area contributed by atoms with E-state index in [4.69, 9.17) is 0 Å². The smallest absolute Gasteiger partial charge is 0.252 e. The molecule has 0 radical (unpaired) electrons. The van der Waals surface area contributed by atoms with E-state index in [1.54, 1.807) is 0 Å². The average molecular weight is 349 g/mol. The molecule has 140 valence electrons. The quantitative estimate of drug-likeness (QED) is 0.759. The van der Waals surface area contributed by atoms with E-state index in [-0.39, 0.29) is 23.8 Å². The van der Waals surface area contributed by atoms with Crippen molar-refractivity contribution in [2.24, 2.45) is 5.92 Å². The lowest BCUT2D eigenvalue weighted by atomic mass is 9.86. The minimum Gasteiger partial charge on any atom is -0.352 e. The Morgan fingerprint density at radius 3 is 2.32 bits per heavy atom. The Hall–Kier alpha value is -1.59. The number of piperazine rings is 1. The van der Waals surface area contributed by atoms with Gasteiger partial charge in [0.25, 0.3) is 11.8 Å². The Morgan fingerprint density at radius 1 is 1.00 bits per heavy atom. The van der Waals surface area contributed by atoms with Crippen LogP contribution in [0, 0.1) is 5.92 Å². The molecule has 0 aromatic rings. The van der Waals surface area contributed by atoms with Gasteiger partial charge in [-0.3, -0.25) is 14.4 Å². The number of hydrogen-bond donors (Lipinski definition) is 2. The summed E-state index contributed by atoms with van der Waals surface area (Å²) in [6, 6.07) is -0.849. The Labute approximate surface area is 150 Å². The Bertz CT molecular complexity index is 496. The van der Waals surface area contributed by atoms with E-state index in [0.29, 0.717) is 25.4 Å². The molecule has 1 unspecified atom stereocenters. The van der Waals surface area contributed by atoms with E-state index < -0.39 is 6.04 Å². The van der Waals surface area contributed by atoms with Crippen molar-refractivity contribution in [3.8, 4) is 0 Å². The normalized spacial score (nSPS) is 26.2. The number of carbonyl (C=O) groups is 3. The van der Waals surface area contributed by atoms with Crippen molar-refractivity contribution in [2.45, 2.75) is 82.7 Å². The molecule has 1 saturated heterocycles. The molecule has 3 rings (SSSR count). The lowest BCUT2D eigenvalue weighted by Crippen LogP contribution is -2.63. The maximum absolute atomic E-state index is 12.8. The lowest BCUT2D eigenvalue weighted by Gasteiger charge is -2.36. The maximum atomic E-state index is 12.8. The highest BCUT2D eigenvalue weighted by atomic mass is 16.2. The van der Waals surface area contributed by atoms with Crippen molar-refractivity contribution >= 4 is 17.7 Å². The predicted octanol–water partition coefficient (Wildman–Crippen LogP) is 1.73. The van der Waals surface area contributed by atoms with Crippen LogP contribution in [0.1, 0.15) is 70.6 Å². The van der Waals surface area contributed by atoms with Crippen molar-refractivity contribution < 1.29 is 14.4 Å². The molecular formula is C19H31N3O3. The second-order valence-electron chi connectivity index (χ2n) is 7.83. The molecule has 0 spiro atoms. The van der Waals surface area contributed by atoms with Gasteiger partial charge >= 0.3 is 0 Å². The van der Waals surface area contributed by atoms with Crippen molar-refractivity contribution in [1.82, 2.24) is 15.5 Å². The van der Waals surface area contributed by atoms with Crippen molar-refractivity contribution in [1.29, 1.82) is 0 Å². The molecule has 3 amide bonds. The van der Waals surface area contributed by atoms with Crippen LogP contribution in [0.3, 0.4) is 0 Å². The molecule has 1 atom stereocenters. The van der Waals surface area contributed by atoms with Gasteiger partial charge in [-0.25, -0.2) is 0 Å². The van der Waals surface area contributed by atoms with Gasteiger partial charge in [-0.15, -0.1) is 0 Å². The molecule has 0 bridgehead atoms. The van der Waals surface area contributed by atoms with Gasteiger partial charge in [0.05, 0.1) is 0 Å². The summed E-state index contributed by atoms with van der Waals surface area (Å²) >= 11 is 0. The molecular weight excluding hydrogens is 318 g/mol. The summed E-state index contributed by atoms with van der Waals surface area (Å²) in [5, 5.41) is 5.76. The highest BCUT2D eigenvalue weighted by Gasteiger charge is 2.39. The van der Waals surface area contributed by atoms with Gasteiger partial charge < -0.3 is 15.5 Å². The zero-order valence-electron chi connectivity index (χ0n) is 15.1. The molecule has 6 nitrogen and oxygen atoms in total. The van der Waals surface area contributed by atoms with Gasteiger partial charge in [-0.1, -0.05) is 38.5 Å². The van der Waals surface area contributed by atoms with Crippen LogP contribution in [0.25, 0.3) is 0 Å². The Kier molecular flexibility index (Phi) is 6.32. The topological polar surface area (TPSA) is 78.5 Å². The van der Waals surface area contributed by atoms with E-state index in [1.165, 1.54) is 30.6 Å². The van der Waals surface area contributed by atoms with Crippen molar-refractivity contribution in [2.75, 3.05) is 13.1 Å². The van der Waals surface area contributed by atoms with E-state index in [1.807, 2.05) is 0 Å². The maximum Gasteiger partial charge on any atom is 0.252 e. The molecule has 3 aliphatic rings. The van der Waals surface area contributed by atoms with Gasteiger partial charge in [-0.2, -0.15) is 0 Å². The van der Waals surface area contributed by atoms with Crippen LogP contribution in [-0.2, 0) is 14.4 Å². The van der Waals surface area contributed by atoms with E-state index >= 15 is 0 Å². The third kappa shape index (κ3) is 4.73. The second-order valence-corrected chi connectivity index (χ2v) is 7.83. The molecule has 0 aromatic carbocycles. The number of carbonyl (C=O) groups excluding carboxylic acids is 3. The predicted molar refractivity (Wildman–Crippen MR) is 94.7 cm³/mol. The van der Waals surface area contributed by atoms with Gasteiger partial charge in [-0.05, 0) is 31.6 Å². The highest BCUT2D eigenvalue weighted by Crippen LogP contribution is 2.27. The average Bonchev–Trinajstić information content (AvgIpc) is 2.63. The monoisotopic (exact) mass is 349 g/mol. The molecule has 3 fully saturated rings. The highest BCUT2D eigenvalue weighted by molar-refractivity contribution is 6.07. The Balaban J connectivity index is 1.61. The SMILES string of the molecule is O=C1NCCN(C(=O)CC2CCCCC2)C1C(=O)NC1CCCCC1. The van der Waals surface area contributed by atoms with Crippen LogP contribution in [0.2, 0.25) is 0 Å². The van der Waals surface area contributed by atoms with Gasteiger partial charge in [0.15, 0.2) is 6.04 Å². The first-order valence-corrected chi connectivity index (χ1v) is 10.0. The standard InChI is InChI=1S/C19H31N3O3/c23-16(13-14-7-3-1-4-8-14)22-12-11-20-18(24)17(22)19(25)21-15-9-5-2-6-10-15/h14-15,17H,1-13H2,(H,20,24)(H,21,25). The van der Waals surface area contributed by atoms with E-state index in [2.05, 4.69) is 10.6 Å². The van der Waals surface area contributed by atoms with Crippen LogP contribution in [0.5, 0.6) is 0 Å². The van der Waals surface area contributed by atoms with Crippen LogP contribution in [0.4, 0.5) is 0 Å². The largest absolute Gasteiger partial charge is 0.352 e. The summed E-state index contributed by atoms with van der Waals surface area (Å²) in [6.45, 7) is 0.864. The lowest BCUT2D eigenvalue weighted by molar-refractivity contribution is -0.150. The summed E-state index contributed by atoms with van der Waals surface area (Å²) in [5.41, 5.74) is 0. The molecule has 1 heterocycles. The number of hydrogen-bond acceptors (Lipinski definition) is 3. The van der Waals surface area contributed by atoms with E-state index in [9.17, 15) is 14.4 Å². The third-order valence-corrected chi connectivity index (χ3v) is 5.92. The zero-order valence-corrected chi connectivity index (χ0v) is 15.1. The number of rotatable bonds is 4. The third-order valence-electron chi connectivity index (χ3n) is 5.92. The molecule has 25 heavy (non-hydrogen) atoms. The fourth-order valence-corrected chi connectivity index (χ4v) is 4.48. The number of nitrogens with zero attached hydrogens (tertiary/aromatic N) is 1. The summed E-state index contributed by atoms with van der Waals surface area (Å²) < 4.78 is 0. The first-order valence-electron chi connectivity index (χ1n) is 10.0. The van der Waals surface area contributed by atoms with Crippen molar-refractivity contribution in [3.05, 3.63) is 0 Å². The fraction of sp³-hybridized carbons (Fsp3) is 0.842. The van der Waals surface area contributed by atoms with Crippen LogP contribution in [-0.4, -0.2) is 47.8 Å². The van der Waals surface area contributed by atoms with Crippen molar-refractivity contribution in [3.63, 3.8) is 0 Å². The minimum atomic E-state index is -0.994. The summed E-state index contributed by atoms with van der Waals surface area (Å²) in [4.78, 5) is 39.3. The molecule has 2 N–H and O–H groups in total. The zero-order chi connectivity index (χ0) is 17.6. The number of nitrogens with one attached hydrogen (secondary N) is 2. The molecule has 0 aromatic heterocycles. The van der Waals surface area contributed by atoms with E-state index in [0.717, 1.165) is 38.5 Å². The number of amides is 3. The van der Waals surface area contributed by atoms with Crippen LogP contribution in [0.15, 0.2) is 0 Å². The first kappa shape index (κ1) is 18.2. The van der Waals surface area contributed by atoms with Crippen LogP contribution < -0.4 is 10.6 Å². The van der Waals surface area contributed by atoms with Gasteiger partial charge in [0.2, 0.25) is 5.91 Å². The summed E-state index contributed by atoms with van der Waals surface area (Å²) in [5.74, 6) is -0.267. The van der Waals surface area contributed by atoms with Gasteiger partial charge in [0, 0.05) is 25.6 Å².